The molecule has 3 rings (SSSR count). The van der Waals surface area contributed by atoms with Crippen LogP contribution in [0.5, 0.6) is 0 Å². The van der Waals surface area contributed by atoms with Crippen LogP contribution in [-0.4, -0.2) is 18.8 Å². The lowest BCUT2D eigenvalue weighted by molar-refractivity contribution is 0.0281. The third-order valence-corrected chi connectivity index (χ3v) is 3.62. The highest BCUT2D eigenvalue weighted by Gasteiger charge is 2.46. The van der Waals surface area contributed by atoms with Gasteiger partial charge in [-0.15, -0.1) is 0 Å². The van der Waals surface area contributed by atoms with Crippen LogP contribution in [0.3, 0.4) is 0 Å². The standard InChI is InChI=1S/C12H14FN/c13-12(7-14-8-12)11-5-9-3-1-2-4-10(9)6-11/h1-4,11,14H,5-8H2. The van der Waals surface area contributed by atoms with E-state index in [1.807, 2.05) is 12.1 Å². The molecule has 2 aliphatic rings. The van der Waals surface area contributed by atoms with Crippen LogP contribution in [0.2, 0.25) is 0 Å². The van der Waals surface area contributed by atoms with Crippen molar-refractivity contribution in [3.63, 3.8) is 0 Å². The number of benzene rings is 1. The molecule has 0 amide bonds. The second-order valence-electron chi connectivity index (χ2n) is 4.51. The number of fused-ring (bicyclic) bond motifs is 1. The molecule has 0 unspecified atom stereocenters. The Bertz CT molecular complexity index is 332. The summed E-state index contributed by atoms with van der Waals surface area (Å²) in [5.41, 5.74) is 1.77. The molecule has 1 aliphatic heterocycles. The molecule has 0 atom stereocenters. The number of nitrogens with one attached hydrogen (secondary N) is 1. The Balaban J connectivity index is 1.84. The first kappa shape index (κ1) is 8.42. The highest BCUT2D eigenvalue weighted by atomic mass is 19.1. The number of rotatable bonds is 1. The van der Waals surface area contributed by atoms with Gasteiger partial charge in [-0.1, -0.05) is 24.3 Å². The zero-order valence-corrected chi connectivity index (χ0v) is 8.09. The van der Waals surface area contributed by atoms with Gasteiger partial charge in [0.25, 0.3) is 0 Å². The van der Waals surface area contributed by atoms with Gasteiger partial charge in [0.1, 0.15) is 5.67 Å². The van der Waals surface area contributed by atoms with E-state index in [4.69, 9.17) is 0 Å². The molecule has 1 nitrogen and oxygen atoms in total. The molecule has 1 aromatic carbocycles. The molecule has 1 saturated heterocycles. The zero-order chi connectivity index (χ0) is 9.60. The fourth-order valence-electron chi connectivity index (χ4n) is 2.58. The topological polar surface area (TPSA) is 12.0 Å². The van der Waals surface area contributed by atoms with Gasteiger partial charge >= 0.3 is 0 Å². The first-order valence-corrected chi connectivity index (χ1v) is 5.24. The second-order valence-corrected chi connectivity index (χ2v) is 4.51. The lowest BCUT2D eigenvalue weighted by atomic mass is 9.82. The van der Waals surface area contributed by atoms with Crippen molar-refractivity contribution >= 4 is 0 Å². The average molecular weight is 191 g/mol. The predicted molar refractivity (Wildman–Crippen MR) is 54.0 cm³/mol. The van der Waals surface area contributed by atoms with Gasteiger partial charge in [-0.05, 0) is 24.0 Å². The van der Waals surface area contributed by atoms with Crippen molar-refractivity contribution in [2.24, 2.45) is 5.92 Å². The highest BCUT2D eigenvalue weighted by molar-refractivity contribution is 5.33. The van der Waals surface area contributed by atoms with Crippen LogP contribution in [0.25, 0.3) is 0 Å². The van der Waals surface area contributed by atoms with Crippen LogP contribution in [-0.2, 0) is 12.8 Å². The van der Waals surface area contributed by atoms with Crippen molar-refractivity contribution in [3.8, 4) is 0 Å². The van der Waals surface area contributed by atoms with E-state index in [2.05, 4.69) is 17.4 Å². The summed E-state index contributed by atoms with van der Waals surface area (Å²) in [5, 5.41) is 3.03. The van der Waals surface area contributed by atoms with Crippen LogP contribution in [0, 0.1) is 5.92 Å². The predicted octanol–water partition coefficient (Wildman–Crippen LogP) is 1.71. The monoisotopic (exact) mass is 191 g/mol. The van der Waals surface area contributed by atoms with Gasteiger partial charge in [-0.25, -0.2) is 4.39 Å². The van der Waals surface area contributed by atoms with E-state index < -0.39 is 5.67 Å². The normalized spacial score (nSPS) is 24.4. The minimum atomic E-state index is -0.932. The summed E-state index contributed by atoms with van der Waals surface area (Å²) >= 11 is 0. The Morgan fingerprint density at radius 2 is 1.71 bits per heavy atom. The van der Waals surface area contributed by atoms with Gasteiger partial charge in [-0.2, -0.15) is 0 Å². The maximum absolute atomic E-state index is 14.1. The highest BCUT2D eigenvalue weighted by Crippen LogP contribution is 2.37. The molecule has 0 bridgehead atoms. The van der Waals surface area contributed by atoms with Gasteiger partial charge < -0.3 is 5.32 Å². The SMILES string of the molecule is FC1(C2Cc3ccccc3C2)CNC1. The third-order valence-electron chi connectivity index (χ3n) is 3.62. The van der Waals surface area contributed by atoms with E-state index in [1.54, 1.807) is 0 Å². The lowest BCUT2D eigenvalue weighted by Gasteiger charge is -2.39. The lowest BCUT2D eigenvalue weighted by Crippen LogP contribution is -2.60. The fraction of sp³-hybridized carbons (Fsp3) is 0.500. The van der Waals surface area contributed by atoms with Crippen LogP contribution in [0.15, 0.2) is 24.3 Å². The van der Waals surface area contributed by atoms with Gasteiger partial charge in [0.05, 0.1) is 0 Å². The number of alkyl halides is 1. The summed E-state index contributed by atoms with van der Waals surface area (Å²) in [6, 6.07) is 8.35. The quantitative estimate of drug-likeness (QED) is 0.712. The van der Waals surface area contributed by atoms with Crippen molar-refractivity contribution in [3.05, 3.63) is 35.4 Å². The molecule has 2 heteroatoms. The van der Waals surface area contributed by atoms with Crippen molar-refractivity contribution in [1.29, 1.82) is 0 Å². The van der Waals surface area contributed by atoms with Crippen LogP contribution < -0.4 is 5.32 Å². The molecule has 0 aromatic heterocycles. The molecule has 0 radical (unpaired) electrons. The first-order chi connectivity index (χ1) is 6.78. The fourth-order valence-corrected chi connectivity index (χ4v) is 2.58. The smallest absolute Gasteiger partial charge is 0.139 e. The third kappa shape index (κ3) is 1.10. The molecular formula is C12H14FN. The van der Waals surface area contributed by atoms with E-state index in [0.29, 0.717) is 13.1 Å². The van der Waals surface area contributed by atoms with Crippen molar-refractivity contribution < 1.29 is 4.39 Å². The maximum Gasteiger partial charge on any atom is 0.139 e. The van der Waals surface area contributed by atoms with E-state index in [1.165, 1.54) is 11.1 Å². The van der Waals surface area contributed by atoms with Gasteiger partial charge in [-0.3, -0.25) is 0 Å². The Morgan fingerprint density at radius 1 is 1.14 bits per heavy atom. The molecule has 74 valence electrons. The Kier molecular flexibility index (Phi) is 1.68. The molecule has 1 aliphatic carbocycles. The summed E-state index contributed by atoms with van der Waals surface area (Å²) in [6.45, 7) is 1.09. The Morgan fingerprint density at radius 3 is 2.14 bits per heavy atom. The van der Waals surface area contributed by atoms with Crippen LogP contribution in [0.4, 0.5) is 4.39 Å². The largest absolute Gasteiger partial charge is 0.310 e. The summed E-state index contributed by atoms with van der Waals surface area (Å²) < 4.78 is 14.1. The van der Waals surface area contributed by atoms with E-state index in [-0.39, 0.29) is 5.92 Å². The van der Waals surface area contributed by atoms with Crippen molar-refractivity contribution in [1.82, 2.24) is 5.32 Å². The Labute approximate surface area is 83.3 Å². The van der Waals surface area contributed by atoms with Gasteiger partial charge in [0.2, 0.25) is 0 Å². The molecule has 14 heavy (non-hydrogen) atoms. The van der Waals surface area contributed by atoms with Gasteiger partial charge in [0, 0.05) is 19.0 Å². The maximum atomic E-state index is 14.1. The molecule has 1 N–H and O–H groups in total. The van der Waals surface area contributed by atoms with Crippen molar-refractivity contribution in [2.75, 3.05) is 13.1 Å². The summed E-state index contributed by atoms with van der Waals surface area (Å²) in [7, 11) is 0. The first-order valence-electron chi connectivity index (χ1n) is 5.24. The number of hydrogen-bond donors (Lipinski definition) is 1. The van der Waals surface area contributed by atoms with Crippen molar-refractivity contribution in [2.45, 2.75) is 18.5 Å². The number of halogens is 1. The molecule has 1 aromatic rings. The summed E-state index contributed by atoms with van der Waals surface area (Å²) in [4.78, 5) is 0. The summed E-state index contributed by atoms with van der Waals surface area (Å²) in [5.74, 6) is 0.209. The summed E-state index contributed by atoms with van der Waals surface area (Å²) in [6.07, 6.45) is 1.85. The minimum absolute atomic E-state index is 0.209. The van der Waals surface area contributed by atoms with Gasteiger partial charge in [0.15, 0.2) is 0 Å². The van der Waals surface area contributed by atoms with Crippen LogP contribution >= 0.6 is 0 Å². The minimum Gasteiger partial charge on any atom is -0.310 e. The van der Waals surface area contributed by atoms with Crippen LogP contribution in [0.1, 0.15) is 11.1 Å². The Hall–Kier alpha value is -0.890. The molecule has 0 spiro atoms. The number of hydrogen-bond acceptors (Lipinski definition) is 1. The van der Waals surface area contributed by atoms with E-state index in [0.717, 1.165) is 12.8 Å². The average Bonchev–Trinajstić information content (AvgIpc) is 2.57. The molecule has 1 fully saturated rings. The second kappa shape index (κ2) is 2.80. The zero-order valence-electron chi connectivity index (χ0n) is 8.09. The molecular weight excluding hydrogens is 177 g/mol. The van der Waals surface area contributed by atoms with E-state index >= 15 is 0 Å². The molecule has 1 heterocycles. The molecule has 0 saturated carbocycles. The van der Waals surface area contributed by atoms with E-state index in [9.17, 15) is 4.39 Å².